The van der Waals surface area contributed by atoms with Crippen LogP contribution in [0.4, 0.5) is 17.6 Å². The SMILES string of the molecule is Cc1nc(N)nc(Nc2c(C)c(C)c(C)c3c2OCCO3)n1. The van der Waals surface area contributed by atoms with E-state index in [-0.39, 0.29) is 5.95 Å². The molecule has 116 valence electrons. The lowest BCUT2D eigenvalue weighted by Crippen LogP contribution is -2.19. The summed E-state index contributed by atoms with van der Waals surface area (Å²) < 4.78 is 11.6. The van der Waals surface area contributed by atoms with Crippen molar-refractivity contribution in [3.05, 3.63) is 22.5 Å². The molecule has 7 nitrogen and oxygen atoms in total. The van der Waals surface area contributed by atoms with E-state index in [1.807, 2.05) is 13.8 Å². The van der Waals surface area contributed by atoms with Crippen LogP contribution in [-0.2, 0) is 0 Å². The maximum Gasteiger partial charge on any atom is 0.232 e. The minimum absolute atomic E-state index is 0.183. The Balaban J connectivity index is 2.12. The van der Waals surface area contributed by atoms with Crippen molar-refractivity contribution in [1.82, 2.24) is 15.0 Å². The number of ether oxygens (including phenoxy) is 2. The number of benzene rings is 1. The first-order valence-electron chi connectivity index (χ1n) is 7.12. The van der Waals surface area contributed by atoms with Gasteiger partial charge in [-0.25, -0.2) is 0 Å². The summed E-state index contributed by atoms with van der Waals surface area (Å²) in [5.41, 5.74) is 9.79. The highest BCUT2D eigenvalue weighted by molar-refractivity contribution is 5.75. The van der Waals surface area contributed by atoms with Crippen LogP contribution >= 0.6 is 0 Å². The zero-order valence-corrected chi connectivity index (χ0v) is 13.1. The third-order valence-corrected chi connectivity index (χ3v) is 3.85. The maximum atomic E-state index is 5.81. The van der Waals surface area contributed by atoms with Crippen LogP contribution in [0, 0.1) is 27.7 Å². The van der Waals surface area contributed by atoms with E-state index in [1.165, 1.54) is 0 Å². The van der Waals surface area contributed by atoms with Gasteiger partial charge in [0, 0.05) is 0 Å². The van der Waals surface area contributed by atoms with Crippen molar-refractivity contribution < 1.29 is 9.47 Å². The first-order chi connectivity index (χ1) is 10.5. The second-order valence-corrected chi connectivity index (χ2v) is 5.29. The van der Waals surface area contributed by atoms with Gasteiger partial charge >= 0.3 is 0 Å². The fourth-order valence-electron chi connectivity index (χ4n) is 2.51. The molecule has 2 heterocycles. The number of rotatable bonds is 2. The zero-order chi connectivity index (χ0) is 15.9. The fourth-order valence-corrected chi connectivity index (χ4v) is 2.51. The first kappa shape index (κ1) is 14.4. The fraction of sp³-hybridized carbons (Fsp3) is 0.400. The van der Waals surface area contributed by atoms with Gasteiger partial charge in [0.1, 0.15) is 19.0 Å². The number of hydrogen-bond acceptors (Lipinski definition) is 7. The lowest BCUT2D eigenvalue weighted by molar-refractivity contribution is 0.171. The van der Waals surface area contributed by atoms with Crippen LogP contribution in [0.3, 0.4) is 0 Å². The Morgan fingerprint density at radius 2 is 1.55 bits per heavy atom. The van der Waals surface area contributed by atoms with Gasteiger partial charge in [-0.1, -0.05) is 0 Å². The van der Waals surface area contributed by atoms with E-state index >= 15 is 0 Å². The number of fused-ring (bicyclic) bond motifs is 1. The van der Waals surface area contributed by atoms with Gasteiger partial charge in [-0.05, 0) is 44.4 Å². The highest BCUT2D eigenvalue weighted by atomic mass is 16.6. The second kappa shape index (κ2) is 5.32. The largest absolute Gasteiger partial charge is 0.486 e. The zero-order valence-electron chi connectivity index (χ0n) is 13.1. The molecular formula is C15H19N5O2. The molecule has 0 spiro atoms. The molecule has 1 aromatic heterocycles. The normalized spacial score (nSPS) is 13.1. The third kappa shape index (κ3) is 2.38. The van der Waals surface area contributed by atoms with Crippen molar-refractivity contribution in [3.8, 4) is 11.5 Å². The predicted molar refractivity (Wildman–Crippen MR) is 83.9 cm³/mol. The highest BCUT2D eigenvalue weighted by Gasteiger charge is 2.24. The van der Waals surface area contributed by atoms with Crippen LogP contribution in [0.15, 0.2) is 0 Å². The van der Waals surface area contributed by atoms with E-state index in [4.69, 9.17) is 15.2 Å². The smallest absolute Gasteiger partial charge is 0.232 e. The molecule has 0 amide bonds. The monoisotopic (exact) mass is 301 g/mol. The highest BCUT2D eigenvalue weighted by Crippen LogP contribution is 2.45. The minimum atomic E-state index is 0.183. The van der Waals surface area contributed by atoms with Crippen molar-refractivity contribution in [1.29, 1.82) is 0 Å². The topological polar surface area (TPSA) is 95.2 Å². The van der Waals surface area contributed by atoms with E-state index in [9.17, 15) is 0 Å². The Morgan fingerprint density at radius 3 is 2.23 bits per heavy atom. The number of aryl methyl sites for hydroxylation is 1. The van der Waals surface area contributed by atoms with Gasteiger partial charge in [0.05, 0.1) is 5.69 Å². The van der Waals surface area contributed by atoms with Crippen molar-refractivity contribution in [2.45, 2.75) is 27.7 Å². The molecule has 0 aliphatic carbocycles. The van der Waals surface area contributed by atoms with Crippen LogP contribution in [0.25, 0.3) is 0 Å². The molecule has 0 unspecified atom stereocenters. The molecular weight excluding hydrogens is 282 g/mol. The maximum absolute atomic E-state index is 5.81. The van der Waals surface area contributed by atoms with Crippen LogP contribution < -0.4 is 20.5 Å². The molecule has 0 bridgehead atoms. The van der Waals surface area contributed by atoms with Crippen LogP contribution in [-0.4, -0.2) is 28.2 Å². The van der Waals surface area contributed by atoms with Crippen molar-refractivity contribution in [2.75, 3.05) is 24.3 Å². The number of hydrogen-bond donors (Lipinski definition) is 2. The average molecular weight is 301 g/mol. The summed E-state index contributed by atoms with van der Waals surface area (Å²) in [5, 5.41) is 3.20. The molecule has 3 N–H and O–H groups in total. The van der Waals surface area contributed by atoms with Gasteiger partial charge in [-0.3, -0.25) is 0 Å². The van der Waals surface area contributed by atoms with E-state index in [0.29, 0.717) is 30.7 Å². The van der Waals surface area contributed by atoms with Crippen LogP contribution in [0.2, 0.25) is 0 Å². The van der Waals surface area contributed by atoms with Crippen molar-refractivity contribution in [3.63, 3.8) is 0 Å². The van der Waals surface area contributed by atoms with Gasteiger partial charge < -0.3 is 20.5 Å². The Labute approximate surface area is 128 Å². The predicted octanol–water partition coefficient (Wildman–Crippen LogP) is 2.20. The molecule has 7 heteroatoms. The average Bonchev–Trinajstić information content (AvgIpc) is 2.48. The second-order valence-electron chi connectivity index (χ2n) is 5.29. The molecule has 1 aliphatic heterocycles. The Bertz CT molecular complexity index is 725. The third-order valence-electron chi connectivity index (χ3n) is 3.85. The molecule has 0 saturated heterocycles. The quantitative estimate of drug-likeness (QED) is 0.877. The number of nitrogens with one attached hydrogen (secondary N) is 1. The van der Waals surface area contributed by atoms with Gasteiger partial charge in [-0.15, -0.1) is 0 Å². The number of aromatic nitrogens is 3. The summed E-state index contributed by atoms with van der Waals surface area (Å²) in [7, 11) is 0. The summed E-state index contributed by atoms with van der Waals surface area (Å²) in [6, 6.07) is 0. The molecule has 0 fully saturated rings. The molecule has 22 heavy (non-hydrogen) atoms. The molecule has 0 saturated carbocycles. The van der Waals surface area contributed by atoms with Gasteiger partial charge in [0.15, 0.2) is 11.5 Å². The summed E-state index contributed by atoms with van der Waals surface area (Å²) in [4.78, 5) is 12.4. The Kier molecular flexibility index (Phi) is 3.48. The van der Waals surface area contributed by atoms with Crippen LogP contribution in [0.5, 0.6) is 11.5 Å². The number of nitrogen functional groups attached to an aromatic ring is 1. The van der Waals surface area contributed by atoms with Crippen molar-refractivity contribution >= 4 is 17.6 Å². The van der Waals surface area contributed by atoms with E-state index in [0.717, 1.165) is 28.1 Å². The first-order valence-corrected chi connectivity index (χ1v) is 7.12. The molecule has 0 atom stereocenters. The van der Waals surface area contributed by atoms with Gasteiger partial charge in [0.25, 0.3) is 0 Å². The number of anilines is 3. The summed E-state index contributed by atoms with van der Waals surface area (Å²) >= 11 is 0. The van der Waals surface area contributed by atoms with Gasteiger partial charge in [-0.2, -0.15) is 15.0 Å². The molecule has 3 rings (SSSR count). The van der Waals surface area contributed by atoms with Crippen LogP contribution in [0.1, 0.15) is 22.5 Å². The molecule has 2 aromatic rings. The standard InChI is InChI=1S/C15H19N5O2/c1-7-8(2)11(13-12(9(7)3)21-5-6-22-13)19-15-18-10(4)17-14(16)20-15/h5-6H2,1-4H3,(H3,16,17,18,19,20). The van der Waals surface area contributed by atoms with E-state index in [1.54, 1.807) is 6.92 Å². The van der Waals surface area contributed by atoms with Crippen molar-refractivity contribution in [2.24, 2.45) is 0 Å². The number of nitrogens with zero attached hydrogens (tertiary/aromatic N) is 3. The van der Waals surface area contributed by atoms with E-state index in [2.05, 4.69) is 27.2 Å². The molecule has 1 aromatic carbocycles. The summed E-state index contributed by atoms with van der Waals surface area (Å²) in [6.07, 6.45) is 0. The molecule has 1 aliphatic rings. The number of nitrogens with two attached hydrogens (primary N) is 1. The summed E-state index contributed by atoms with van der Waals surface area (Å²) in [6.45, 7) is 8.95. The lowest BCUT2D eigenvalue weighted by Gasteiger charge is -2.26. The Hall–Kier alpha value is -2.57. The molecule has 0 radical (unpaired) electrons. The lowest BCUT2D eigenvalue weighted by atomic mass is 10.00. The summed E-state index contributed by atoms with van der Waals surface area (Å²) in [5.74, 6) is 2.61. The van der Waals surface area contributed by atoms with Gasteiger partial charge in [0.2, 0.25) is 11.9 Å². The minimum Gasteiger partial charge on any atom is -0.486 e. The van der Waals surface area contributed by atoms with E-state index < -0.39 is 0 Å². The Morgan fingerprint density at radius 1 is 0.864 bits per heavy atom.